The summed E-state index contributed by atoms with van der Waals surface area (Å²) in [6, 6.07) is 7.93. The maximum Gasteiger partial charge on any atom is 0.0923 e. The molecule has 0 amide bonds. The van der Waals surface area contributed by atoms with E-state index in [-0.39, 0.29) is 6.61 Å². The van der Waals surface area contributed by atoms with Gasteiger partial charge in [-0.05, 0) is 23.5 Å². The molecule has 0 bridgehead atoms. The van der Waals surface area contributed by atoms with Gasteiger partial charge in [0.2, 0.25) is 0 Å². The van der Waals surface area contributed by atoms with Crippen LogP contribution in [0.4, 0.5) is 0 Å². The molecule has 0 unspecified atom stereocenters. The fourth-order valence-electron chi connectivity index (χ4n) is 2.57. The van der Waals surface area contributed by atoms with Crippen LogP contribution in [0.15, 0.2) is 40.6 Å². The molecule has 0 saturated carbocycles. The van der Waals surface area contributed by atoms with Crippen LogP contribution in [0.25, 0.3) is 20.9 Å². The second-order valence-corrected chi connectivity index (χ2v) is 5.26. The Morgan fingerprint density at radius 3 is 2.48 bits per heavy atom. The van der Waals surface area contributed by atoms with Crippen LogP contribution >= 0.6 is 0 Å². The second-order valence-electron chi connectivity index (χ2n) is 5.26. The minimum atomic E-state index is -1.11. The smallest absolute Gasteiger partial charge is 0.0923 e. The first-order valence-corrected chi connectivity index (χ1v) is 7.21. The summed E-state index contributed by atoms with van der Waals surface area (Å²) in [6.45, 7) is 2.23. The molecule has 0 spiro atoms. The normalized spacial score (nSPS) is 30.1. The summed E-state index contributed by atoms with van der Waals surface area (Å²) in [4.78, 5) is 5.44. The molecule has 0 aliphatic carbocycles. The lowest BCUT2D eigenvalue weighted by Gasteiger charge is -2.40. The van der Waals surface area contributed by atoms with Crippen LogP contribution in [0.1, 0.15) is 12.5 Å². The van der Waals surface area contributed by atoms with Crippen molar-refractivity contribution in [2.24, 2.45) is 10.2 Å². The van der Waals surface area contributed by atoms with E-state index >= 15 is 0 Å². The van der Waals surface area contributed by atoms with E-state index in [0.29, 0.717) is 6.61 Å². The molecule has 5 atom stereocenters. The van der Waals surface area contributed by atoms with Gasteiger partial charge in [-0.15, -0.1) is 0 Å². The number of benzene rings is 1. The Hall–Kier alpha value is -2.28. The molecule has 9 nitrogen and oxygen atoms in total. The summed E-state index contributed by atoms with van der Waals surface area (Å²) in [5, 5.41) is 17.4. The van der Waals surface area contributed by atoms with Gasteiger partial charge in [0, 0.05) is 9.82 Å². The lowest BCUT2D eigenvalue weighted by molar-refractivity contribution is -0.138. The second kappa shape index (κ2) is 8.38. The highest BCUT2D eigenvalue weighted by Crippen LogP contribution is 2.26. The molecule has 122 valence electrons. The Labute approximate surface area is 133 Å². The van der Waals surface area contributed by atoms with E-state index in [9.17, 15) is 5.11 Å². The standard InChI is InChI=1S/C14H18N6O3/c1-9-12(17-19-15)14(21)13(18-20-16)11(23-9)8-22-7-10-5-3-2-4-6-10/h2-6,9,11-14,21H,7-8H2,1H3/t9-,11+,12-,13+,14+/m0/s1. The van der Waals surface area contributed by atoms with Crippen molar-refractivity contribution in [3.63, 3.8) is 0 Å². The molecule has 1 heterocycles. The van der Waals surface area contributed by atoms with Gasteiger partial charge in [-0.1, -0.05) is 40.6 Å². The zero-order valence-corrected chi connectivity index (χ0v) is 12.6. The third-order valence-corrected chi connectivity index (χ3v) is 3.71. The van der Waals surface area contributed by atoms with Crippen LogP contribution in [0, 0.1) is 0 Å². The predicted octanol–water partition coefficient (Wildman–Crippen LogP) is 2.71. The first-order chi connectivity index (χ1) is 11.2. The molecule has 9 heteroatoms. The van der Waals surface area contributed by atoms with Crippen molar-refractivity contribution in [2.45, 2.75) is 43.9 Å². The first-order valence-electron chi connectivity index (χ1n) is 7.21. The number of rotatable bonds is 6. The van der Waals surface area contributed by atoms with Crippen molar-refractivity contribution in [2.75, 3.05) is 6.61 Å². The zero-order valence-electron chi connectivity index (χ0n) is 12.6. The summed E-state index contributed by atoms with van der Waals surface area (Å²) in [5.41, 5.74) is 18.3. The molecule has 1 aliphatic heterocycles. The van der Waals surface area contributed by atoms with E-state index in [4.69, 9.17) is 20.5 Å². The highest BCUT2D eigenvalue weighted by Gasteiger charge is 2.42. The van der Waals surface area contributed by atoms with Crippen LogP contribution in [-0.4, -0.2) is 42.1 Å². The van der Waals surface area contributed by atoms with E-state index in [2.05, 4.69) is 20.1 Å². The van der Waals surface area contributed by atoms with Crippen molar-refractivity contribution in [1.82, 2.24) is 0 Å². The lowest BCUT2D eigenvalue weighted by atomic mass is 9.92. The van der Waals surface area contributed by atoms with Crippen molar-refractivity contribution < 1.29 is 14.6 Å². The van der Waals surface area contributed by atoms with Gasteiger partial charge in [-0.2, -0.15) is 0 Å². The molecule has 1 saturated heterocycles. The van der Waals surface area contributed by atoms with E-state index in [1.54, 1.807) is 6.92 Å². The molecule has 1 aliphatic rings. The van der Waals surface area contributed by atoms with Crippen LogP contribution in [0.3, 0.4) is 0 Å². The Bertz CT molecular complexity index is 600. The summed E-state index contributed by atoms with van der Waals surface area (Å²) >= 11 is 0. The van der Waals surface area contributed by atoms with E-state index < -0.39 is 30.4 Å². The van der Waals surface area contributed by atoms with E-state index in [1.165, 1.54) is 0 Å². The van der Waals surface area contributed by atoms with Gasteiger partial charge in [0.15, 0.2) is 0 Å². The van der Waals surface area contributed by atoms with E-state index in [1.807, 2.05) is 30.3 Å². The maximum atomic E-state index is 10.3. The molecule has 2 rings (SSSR count). The van der Waals surface area contributed by atoms with Gasteiger partial charge >= 0.3 is 0 Å². The third-order valence-electron chi connectivity index (χ3n) is 3.71. The number of aliphatic hydroxyl groups excluding tert-OH is 1. The van der Waals surface area contributed by atoms with Crippen LogP contribution in [0.2, 0.25) is 0 Å². The average Bonchev–Trinajstić information content (AvgIpc) is 2.56. The zero-order chi connectivity index (χ0) is 16.7. The molecular formula is C14H18N6O3. The summed E-state index contributed by atoms with van der Waals surface area (Å²) in [5.74, 6) is 0. The lowest BCUT2D eigenvalue weighted by Crippen LogP contribution is -2.56. The Balaban J connectivity index is 2.01. The average molecular weight is 318 g/mol. The molecule has 0 aromatic heterocycles. The number of hydrogen-bond donors (Lipinski definition) is 1. The number of ether oxygens (including phenoxy) is 2. The van der Waals surface area contributed by atoms with Gasteiger partial charge in [0.25, 0.3) is 0 Å². The summed E-state index contributed by atoms with van der Waals surface area (Å²) in [6.07, 6.45) is -2.23. The van der Waals surface area contributed by atoms with Gasteiger partial charge < -0.3 is 14.6 Å². The van der Waals surface area contributed by atoms with Crippen LogP contribution < -0.4 is 0 Å². The monoisotopic (exact) mass is 318 g/mol. The number of aliphatic hydroxyl groups is 1. The van der Waals surface area contributed by atoms with Crippen molar-refractivity contribution in [3.8, 4) is 0 Å². The third kappa shape index (κ3) is 4.35. The van der Waals surface area contributed by atoms with Crippen LogP contribution in [0.5, 0.6) is 0 Å². The Kier molecular flexibility index (Phi) is 6.22. The molecule has 0 radical (unpaired) electrons. The highest BCUT2D eigenvalue weighted by molar-refractivity contribution is 5.13. The first kappa shape index (κ1) is 17.1. The SMILES string of the molecule is C[C@@H]1O[C@H](COCc2ccccc2)[C@@H](N=[N+]=[N-])[C@H](O)[C@H]1N=[N+]=[N-]. The molecule has 1 aromatic carbocycles. The number of azide groups is 2. The van der Waals surface area contributed by atoms with Gasteiger partial charge in [-0.3, -0.25) is 0 Å². The quantitative estimate of drug-likeness (QED) is 0.490. The minimum Gasteiger partial charge on any atom is -0.392 e. The topological polar surface area (TPSA) is 136 Å². The van der Waals surface area contributed by atoms with Crippen molar-refractivity contribution >= 4 is 0 Å². The fraction of sp³-hybridized carbons (Fsp3) is 0.571. The molecule has 1 aromatic rings. The largest absolute Gasteiger partial charge is 0.392 e. The Morgan fingerprint density at radius 2 is 1.83 bits per heavy atom. The van der Waals surface area contributed by atoms with Crippen LogP contribution in [-0.2, 0) is 16.1 Å². The fourth-order valence-corrected chi connectivity index (χ4v) is 2.57. The maximum absolute atomic E-state index is 10.3. The summed E-state index contributed by atoms with van der Waals surface area (Å²) < 4.78 is 11.3. The van der Waals surface area contributed by atoms with E-state index in [0.717, 1.165) is 5.56 Å². The van der Waals surface area contributed by atoms with Gasteiger partial charge in [0.1, 0.15) is 0 Å². The molecular weight excluding hydrogens is 300 g/mol. The summed E-state index contributed by atoms with van der Waals surface area (Å²) in [7, 11) is 0. The number of hydrogen-bond acceptors (Lipinski definition) is 5. The highest BCUT2D eigenvalue weighted by atomic mass is 16.5. The van der Waals surface area contributed by atoms with Gasteiger partial charge in [-0.25, -0.2) is 0 Å². The number of nitrogens with zero attached hydrogens (tertiary/aromatic N) is 6. The minimum absolute atomic E-state index is 0.156. The van der Waals surface area contributed by atoms with Crippen molar-refractivity contribution in [3.05, 3.63) is 56.8 Å². The molecule has 23 heavy (non-hydrogen) atoms. The molecule has 1 fully saturated rings. The Morgan fingerprint density at radius 1 is 1.17 bits per heavy atom. The predicted molar refractivity (Wildman–Crippen MR) is 82.3 cm³/mol. The molecule has 1 N–H and O–H groups in total. The van der Waals surface area contributed by atoms with Gasteiger partial charge in [0.05, 0.1) is 43.6 Å². The van der Waals surface area contributed by atoms with Crippen molar-refractivity contribution in [1.29, 1.82) is 0 Å².